The summed E-state index contributed by atoms with van der Waals surface area (Å²) < 4.78 is 69.3. The Bertz CT molecular complexity index is 956. The molecule has 2 rings (SSSR count). The first-order valence-electron chi connectivity index (χ1n) is 8.69. The lowest BCUT2D eigenvalue weighted by molar-refractivity contribution is 0.0536. The van der Waals surface area contributed by atoms with E-state index >= 15 is 0 Å². The maximum atomic E-state index is 12.8. The third-order valence-corrected chi connectivity index (χ3v) is 4.80. The van der Waals surface area contributed by atoms with Gasteiger partial charge < -0.3 is 20.8 Å². The van der Waals surface area contributed by atoms with E-state index in [0.717, 1.165) is 12.1 Å². The lowest BCUT2D eigenvalue weighted by Crippen LogP contribution is -2.35. The number of carbonyl (C=O) groups is 1. The molecule has 0 saturated carbocycles. The van der Waals surface area contributed by atoms with Gasteiger partial charge in [-0.3, -0.25) is 0 Å². The van der Waals surface area contributed by atoms with E-state index in [-0.39, 0.29) is 17.9 Å². The van der Waals surface area contributed by atoms with Gasteiger partial charge in [0.15, 0.2) is 0 Å². The number of ether oxygens (including phenoxy) is 1. The second-order valence-corrected chi connectivity index (χ2v) is 9.91. The molecular weight excluding hydrogens is 429 g/mol. The summed E-state index contributed by atoms with van der Waals surface area (Å²) >= 11 is 0. The van der Waals surface area contributed by atoms with E-state index in [0.29, 0.717) is 23.4 Å². The maximum Gasteiger partial charge on any atom is 0.407 e. The highest BCUT2D eigenvalue weighted by atomic mass is 32.5. The minimum atomic E-state index is -9.74. The van der Waals surface area contributed by atoms with E-state index in [1.54, 1.807) is 45.0 Å². The highest BCUT2D eigenvalue weighted by Gasteiger charge is 2.65. The number of hydrogen-bond acceptors (Lipinski definition) is 4. The van der Waals surface area contributed by atoms with Crippen LogP contribution in [0.1, 0.15) is 26.3 Å². The third kappa shape index (κ3) is 6.90. The largest absolute Gasteiger partial charge is 0.444 e. The summed E-state index contributed by atoms with van der Waals surface area (Å²) in [5.41, 5.74) is 0.153. The van der Waals surface area contributed by atoms with E-state index < -0.39 is 26.8 Å². The molecule has 30 heavy (non-hydrogen) atoms. The Labute approximate surface area is 170 Å². The van der Waals surface area contributed by atoms with Crippen molar-refractivity contribution in [2.45, 2.75) is 31.3 Å². The van der Waals surface area contributed by atoms with Gasteiger partial charge in [0.2, 0.25) is 0 Å². The number of alkyl carbamates (subject to hydrolysis) is 1. The molecule has 0 bridgehead atoms. The fourth-order valence-electron chi connectivity index (χ4n) is 2.38. The Morgan fingerprint density at radius 3 is 2.10 bits per heavy atom. The molecule has 0 fully saturated rings. The number of halogens is 5. The summed E-state index contributed by atoms with van der Waals surface area (Å²) in [6, 6.07) is 8.78. The monoisotopic (exact) mass is 451 g/mol. The second-order valence-electron chi connectivity index (χ2n) is 7.50. The molecule has 166 valence electrons. The van der Waals surface area contributed by atoms with Gasteiger partial charge in [-0.1, -0.05) is 37.6 Å². The number of rotatable bonds is 6. The van der Waals surface area contributed by atoms with E-state index in [2.05, 4.69) is 10.6 Å². The predicted octanol–water partition coefficient (Wildman–Crippen LogP) is 6.98. The number of benzene rings is 2. The van der Waals surface area contributed by atoms with Crippen molar-refractivity contribution in [1.82, 2.24) is 5.32 Å². The van der Waals surface area contributed by atoms with Gasteiger partial charge in [0, 0.05) is 16.9 Å². The summed E-state index contributed by atoms with van der Waals surface area (Å²) in [7, 11) is -9.74. The van der Waals surface area contributed by atoms with Gasteiger partial charge in [0.1, 0.15) is 10.5 Å². The topological polar surface area (TPSA) is 74.2 Å². The van der Waals surface area contributed by atoms with Crippen molar-refractivity contribution < 1.29 is 29.0 Å². The number of anilines is 2. The number of carbonyl (C=O) groups excluding carboxylic acids is 1. The van der Waals surface area contributed by atoms with Crippen molar-refractivity contribution in [3.8, 4) is 0 Å². The number of para-hydroxylation sites is 1. The van der Waals surface area contributed by atoms with E-state index in [4.69, 9.17) is 10.1 Å². The molecule has 0 radical (unpaired) electrons. The highest BCUT2D eigenvalue weighted by molar-refractivity contribution is 8.45. The molecule has 0 saturated heterocycles. The molecular formula is C19H22F5N3O2S. The van der Waals surface area contributed by atoms with Crippen molar-refractivity contribution in [3.63, 3.8) is 0 Å². The first kappa shape index (κ1) is 23.5. The van der Waals surface area contributed by atoms with Crippen LogP contribution >= 0.6 is 10.2 Å². The zero-order valence-corrected chi connectivity index (χ0v) is 17.3. The fraction of sp³-hybridized carbons (Fsp3) is 0.263. The van der Waals surface area contributed by atoms with Gasteiger partial charge in [-0.15, -0.1) is 0 Å². The van der Waals surface area contributed by atoms with Gasteiger partial charge in [0.05, 0.1) is 12.3 Å². The van der Waals surface area contributed by atoms with Crippen molar-refractivity contribution in [2.75, 3.05) is 11.9 Å². The van der Waals surface area contributed by atoms with Crippen LogP contribution in [-0.2, 0) is 4.74 Å². The Balaban J connectivity index is 2.14. The molecule has 3 N–H and O–H groups in total. The average Bonchev–Trinajstić information content (AvgIpc) is 2.57. The maximum absolute atomic E-state index is 12.8. The Morgan fingerprint density at radius 2 is 1.57 bits per heavy atom. The standard InChI is InChI=1S/C19H22F5N3O2S/c1-19(2,3)29-18(28)26-12-16(25)15-6-4-5-7-17(15)27-13-8-10-14(11-9-13)30(20,21,22,23)24/h4-11,25,27H,12H2,1-3H3,(H,26,28). The highest BCUT2D eigenvalue weighted by Crippen LogP contribution is 3.02. The molecule has 0 aliphatic carbocycles. The zero-order valence-electron chi connectivity index (χ0n) is 16.4. The first-order valence-corrected chi connectivity index (χ1v) is 10.6. The summed E-state index contributed by atoms with van der Waals surface area (Å²) in [4.78, 5) is 9.76. The average molecular weight is 451 g/mol. The molecule has 2 aromatic rings. The van der Waals surface area contributed by atoms with Crippen LogP contribution in [-0.4, -0.2) is 24.0 Å². The molecule has 0 spiro atoms. The van der Waals surface area contributed by atoms with E-state index in [9.17, 15) is 24.2 Å². The molecule has 5 nitrogen and oxygen atoms in total. The van der Waals surface area contributed by atoms with Crippen LogP contribution in [0, 0.1) is 5.41 Å². The summed E-state index contributed by atoms with van der Waals surface area (Å²) in [5.74, 6) is 0. The van der Waals surface area contributed by atoms with Crippen molar-refractivity contribution in [2.24, 2.45) is 0 Å². The Hall–Kier alpha value is -2.82. The lowest BCUT2D eigenvalue weighted by Gasteiger charge is -2.40. The summed E-state index contributed by atoms with van der Waals surface area (Å²) in [6.45, 7) is 4.92. The molecule has 0 heterocycles. The minimum absolute atomic E-state index is 0.00703. The van der Waals surface area contributed by atoms with Crippen LogP contribution in [0.15, 0.2) is 53.4 Å². The van der Waals surface area contributed by atoms with E-state index in [1.165, 1.54) is 0 Å². The Kier molecular flexibility index (Phi) is 5.59. The third-order valence-electron chi connectivity index (χ3n) is 3.64. The van der Waals surface area contributed by atoms with Crippen molar-refractivity contribution in [3.05, 3.63) is 54.1 Å². The molecule has 0 unspecified atom stereocenters. The smallest absolute Gasteiger partial charge is 0.407 e. The quantitative estimate of drug-likeness (QED) is 0.328. The first-order chi connectivity index (χ1) is 13.4. The van der Waals surface area contributed by atoms with E-state index in [1.807, 2.05) is 0 Å². The minimum Gasteiger partial charge on any atom is -0.444 e. The SMILES string of the molecule is CC(C)(C)OC(=O)NCC(=N)c1ccccc1Nc1ccc(S(F)(F)(F)(F)F)cc1. The van der Waals surface area contributed by atoms with Crippen LogP contribution < -0.4 is 10.6 Å². The van der Waals surface area contributed by atoms with Gasteiger partial charge in [-0.2, -0.15) is 0 Å². The van der Waals surface area contributed by atoms with Crippen LogP contribution in [0.25, 0.3) is 0 Å². The lowest BCUT2D eigenvalue weighted by atomic mass is 10.1. The molecule has 2 aromatic carbocycles. The van der Waals surface area contributed by atoms with Crippen LogP contribution in [0.5, 0.6) is 0 Å². The normalized spacial score (nSPS) is 14.3. The fourth-order valence-corrected chi connectivity index (χ4v) is 3.03. The van der Waals surface area contributed by atoms with Gasteiger partial charge in [-0.25, -0.2) is 4.79 Å². The zero-order chi connectivity index (χ0) is 22.9. The Morgan fingerprint density at radius 1 is 1.00 bits per heavy atom. The van der Waals surface area contributed by atoms with Gasteiger partial charge >= 0.3 is 16.3 Å². The van der Waals surface area contributed by atoms with Gasteiger partial charge in [0.25, 0.3) is 0 Å². The molecule has 0 atom stereocenters. The number of hydrogen-bond donors (Lipinski definition) is 3. The van der Waals surface area contributed by atoms with Crippen molar-refractivity contribution >= 4 is 33.4 Å². The second kappa shape index (κ2) is 7.15. The summed E-state index contributed by atoms with van der Waals surface area (Å²) in [6.07, 6.45) is -0.704. The van der Waals surface area contributed by atoms with Crippen LogP contribution in [0.3, 0.4) is 0 Å². The molecule has 0 aliphatic rings. The van der Waals surface area contributed by atoms with Crippen LogP contribution in [0.4, 0.5) is 35.6 Å². The van der Waals surface area contributed by atoms with Crippen molar-refractivity contribution in [1.29, 1.82) is 5.41 Å². The molecule has 1 amide bonds. The predicted molar refractivity (Wildman–Crippen MR) is 109 cm³/mol. The van der Waals surface area contributed by atoms with Crippen LogP contribution in [0.2, 0.25) is 0 Å². The van der Waals surface area contributed by atoms with Gasteiger partial charge in [-0.05, 0) is 51.1 Å². The summed E-state index contributed by atoms with van der Waals surface area (Å²) in [5, 5.41) is 13.4. The molecule has 0 aliphatic heterocycles. The molecule has 11 heteroatoms. The number of amides is 1. The number of nitrogens with one attached hydrogen (secondary N) is 3. The molecule has 0 aromatic heterocycles.